The molecule has 1 aromatic carbocycles. The van der Waals surface area contributed by atoms with E-state index in [2.05, 4.69) is 20.8 Å². The van der Waals surface area contributed by atoms with Gasteiger partial charge in [0, 0.05) is 18.3 Å². The molecule has 0 radical (unpaired) electrons. The van der Waals surface area contributed by atoms with Gasteiger partial charge in [-0.15, -0.1) is 10.2 Å². The average molecular weight is 262 g/mol. The summed E-state index contributed by atoms with van der Waals surface area (Å²) in [5.41, 5.74) is 2.65. The number of carbonyl (C=O) groups excluding carboxylic acids is 1. The molecule has 6 heteroatoms. The monoisotopic (exact) mass is 262 g/mol. The van der Waals surface area contributed by atoms with Crippen molar-refractivity contribution in [3.05, 3.63) is 34.3 Å². The first kappa shape index (κ1) is 12.5. The molecule has 0 aliphatic carbocycles. The molecule has 2 rings (SSSR count). The fraction of sp³-hybridized carbons (Fsp3) is 0.250. The maximum atomic E-state index is 12.0. The highest BCUT2D eigenvalue weighted by Gasteiger charge is 2.10. The largest absolute Gasteiger partial charge is 0.388 e. The number of nitrogens with zero attached hydrogens (tertiary/aromatic N) is 2. The first-order valence-corrected chi connectivity index (χ1v) is 6.31. The number of nitrogens with one attached hydrogen (secondary N) is 2. The van der Waals surface area contributed by atoms with E-state index < -0.39 is 0 Å². The summed E-state index contributed by atoms with van der Waals surface area (Å²) in [6.07, 6.45) is 0. The molecular formula is C12H14N4OS. The Morgan fingerprint density at radius 3 is 2.61 bits per heavy atom. The topological polar surface area (TPSA) is 66.9 Å². The lowest BCUT2D eigenvalue weighted by molar-refractivity contribution is 0.102. The second kappa shape index (κ2) is 5.14. The number of rotatable bonds is 3. The van der Waals surface area contributed by atoms with Crippen LogP contribution in [0.4, 0.5) is 10.8 Å². The smallest absolute Gasteiger partial charge is 0.257 e. The van der Waals surface area contributed by atoms with Gasteiger partial charge in [0.15, 0.2) is 0 Å². The van der Waals surface area contributed by atoms with Gasteiger partial charge in [-0.1, -0.05) is 11.3 Å². The van der Waals surface area contributed by atoms with Crippen molar-refractivity contribution in [1.82, 2.24) is 10.2 Å². The summed E-state index contributed by atoms with van der Waals surface area (Å²) in [6.45, 7) is 3.80. The zero-order valence-electron chi connectivity index (χ0n) is 10.4. The third-order valence-corrected chi connectivity index (χ3v) is 3.26. The highest BCUT2D eigenvalue weighted by Crippen LogP contribution is 2.18. The van der Waals surface area contributed by atoms with Gasteiger partial charge in [0.05, 0.1) is 0 Å². The van der Waals surface area contributed by atoms with Crippen LogP contribution in [0.15, 0.2) is 18.2 Å². The minimum absolute atomic E-state index is 0.170. The van der Waals surface area contributed by atoms with E-state index in [4.69, 9.17) is 0 Å². The van der Waals surface area contributed by atoms with Gasteiger partial charge in [-0.05, 0) is 37.6 Å². The Bertz CT molecular complexity index is 579. The van der Waals surface area contributed by atoms with Crippen LogP contribution in [0.1, 0.15) is 20.9 Å². The normalized spacial score (nSPS) is 10.2. The maximum absolute atomic E-state index is 12.0. The minimum atomic E-state index is -0.170. The molecule has 2 aromatic rings. The number of benzene rings is 1. The quantitative estimate of drug-likeness (QED) is 0.891. The number of anilines is 2. The standard InChI is InChI=1S/C12H14N4OS/c1-7-6-9(4-5-10(7)13-3)11(17)14-12-16-15-8(2)18-12/h4-6,13H,1-3H3,(H,14,16,17). The molecular weight excluding hydrogens is 248 g/mol. The van der Waals surface area contributed by atoms with Crippen molar-refractivity contribution in [3.63, 3.8) is 0 Å². The number of aromatic nitrogens is 2. The fourth-order valence-corrected chi connectivity index (χ4v) is 2.19. The van der Waals surface area contributed by atoms with Crippen LogP contribution in [-0.2, 0) is 0 Å². The molecule has 0 bridgehead atoms. The lowest BCUT2D eigenvalue weighted by Gasteiger charge is -2.07. The molecule has 0 aliphatic heterocycles. The van der Waals surface area contributed by atoms with E-state index in [1.165, 1.54) is 11.3 Å². The molecule has 94 valence electrons. The van der Waals surface area contributed by atoms with Gasteiger partial charge in [-0.2, -0.15) is 0 Å². The second-order valence-electron chi connectivity index (χ2n) is 3.86. The highest BCUT2D eigenvalue weighted by atomic mass is 32.1. The zero-order valence-corrected chi connectivity index (χ0v) is 11.3. The van der Waals surface area contributed by atoms with E-state index in [1.807, 2.05) is 33.0 Å². The summed E-state index contributed by atoms with van der Waals surface area (Å²) >= 11 is 1.36. The molecule has 0 atom stereocenters. The highest BCUT2D eigenvalue weighted by molar-refractivity contribution is 7.15. The molecule has 18 heavy (non-hydrogen) atoms. The molecule has 1 aromatic heterocycles. The number of hydrogen-bond donors (Lipinski definition) is 2. The third-order valence-electron chi connectivity index (χ3n) is 2.50. The summed E-state index contributed by atoms with van der Waals surface area (Å²) in [7, 11) is 1.85. The minimum Gasteiger partial charge on any atom is -0.388 e. The Labute approximate surface area is 109 Å². The van der Waals surface area contributed by atoms with Gasteiger partial charge in [0.25, 0.3) is 5.91 Å². The summed E-state index contributed by atoms with van der Waals surface area (Å²) in [4.78, 5) is 12.0. The van der Waals surface area contributed by atoms with Gasteiger partial charge < -0.3 is 5.32 Å². The van der Waals surface area contributed by atoms with Gasteiger partial charge >= 0.3 is 0 Å². The van der Waals surface area contributed by atoms with Crippen molar-refractivity contribution in [2.24, 2.45) is 0 Å². The lowest BCUT2D eigenvalue weighted by Crippen LogP contribution is -2.12. The van der Waals surface area contributed by atoms with E-state index in [9.17, 15) is 4.79 Å². The lowest BCUT2D eigenvalue weighted by atomic mass is 10.1. The predicted octanol–water partition coefficient (Wildman–Crippen LogP) is 2.45. The Morgan fingerprint density at radius 1 is 1.28 bits per heavy atom. The Morgan fingerprint density at radius 2 is 2.06 bits per heavy atom. The molecule has 0 saturated carbocycles. The molecule has 0 spiro atoms. The number of carbonyl (C=O) groups is 1. The summed E-state index contributed by atoms with van der Waals surface area (Å²) < 4.78 is 0. The first-order chi connectivity index (χ1) is 8.60. The molecule has 0 fully saturated rings. The fourth-order valence-electron chi connectivity index (χ4n) is 1.60. The van der Waals surface area contributed by atoms with E-state index >= 15 is 0 Å². The van der Waals surface area contributed by atoms with Gasteiger partial charge in [0.1, 0.15) is 5.01 Å². The van der Waals surface area contributed by atoms with Crippen molar-refractivity contribution in [1.29, 1.82) is 0 Å². The van der Waals surface area contributed by atoms with Crippen LogP contribution < -0.4 is 10.6 Å². The van der Waals surface area contributed by atoms with E-state index in [1.54, 1.807) is 6.07 Å². The van der Waals surface area contributed by atoms with Crippen molar-refractivity contribution >= 4 is 28.1 Å². The molecule has 0 saturated heterocycles. The van der Waals surface area contributed by atoms with Crippen LogP contribution in [0, 0.1) is 13.8 Å². The third kappa shape index (κ3) is 2.65. The van der Waals surface area contributed by atoms with E-state index in [0.717, 1.165) is 16.3 Å². The maximum Gasteiger partial charge on any atom is 0.257 e. The Kier molecular flexibility index (Phi) is 3.57. The number of hydrogen-bond acceptors (Lipinski definition) is 5. The summed E-state index contributed by atoms with van der Waals surface area (Å²) in [5.74, 6) is -0.170. The van der Waals surface area contributed by atoms with Crippen LogP contribution in [0.3, 0.4) is 0 Å². The molecule has 1 heterocycles. The molecule has 0 unspecified atom stereocenters. The number of aryl methyl sites for hydroxylation is 2. The van der Waals surface area contributed by atoms with Crippen LogP contribution in [0.5, 0.6) is 0 Å². The molecule has 0 aliphatic rings. The molecule has 1 amide bonds. The Balaban J connectivity index is 2.16. The SMILES string of the molecule is CNc1ccc(C(=O)Nc2nnc(C)s2)cc1C. The van der Waals surface area contributed by atoms with Gasteiger partial charge in [0.2, 0.25) is 5.13 Å². The summed E-state index contributed by atoms with van der Waals surface area (Å²) in [5, 5.41) is 14.9. The van der Waals surface area contributed by atoms with Gasteiger partial charge in [-0.3, -0.25) is 10.1 Å². The molecule has 2 N–H and O–H groups in total. The van der Waals surface area contributed by atoms with Crippen molar-refractivity contribution in [2.75, 3.05) is 17.7 Å². The van der Waals surface area contributed by atoms with Gasteiger partial charge in [-0.25, -0.2) is 0 Å². The predicted molar refractivity (Wildman–Crippen MR) is 73.3 cm³/mol. The van der Waals surface area contributed by atoms with E-state index in [-0.39, 0.29) is 5.91 Å². The van der Waals surface area contributed by atoms with E-state index in [0.29, 0.717) is 10.7 Å². The number of amides is 1. The summed E-state index contributed by atoms with van der Waals surface area (Å²) in [6, 6.07) is 5.51. The van der Waals surface area contributed by atoms with Crippen LogP contribution >= 0.6 is 11.3 Å². The average Bonchev–Trinajstić information content (AvgIpc) is 2.74. The van der Waals surface area contributed by atoms with Crippen molar-refractivity contribution < 1.29 is 4.79 Å². The Hall–Kier alpha value is -1.95. The van der Waals surface area contributed by atoms with Crippen molar-refractivity contribution in [2.45, 2.75) is 13.8 Å². The second-order valence-corrected chi connectivity index (χ2v) is 5.04. The van der Waals surface area contributed by atoms with Crippen LogP contribution in [0.2, 0.25) is 0 Å². The van der Waals surface area contributed by atoms with Crippen molar-refractivity contribution in [3.8, 4) is 0 Å². The first-order valence-electron chi connectivity index (χ1n) is 5.50. The zero-order chi connectivity index (χ0) is 13.1. The van der Waals surface area contributed by atoms with Crippen LogP contribution in [-0.4, -0.2) is 23.2 Å². The van der Waals surface area contributed by atoms with Crippen LogP contribution in [0.25, 0.3) is 0 Å². The molecule has 5 nitrogen and oxygen atoms in total.